The molecule has 3 rings (SSSR count). The molecule has 0 saturated carbocycles. The maximum absolute atomic E-state index is 10.6. The fourth-order valence-corrected chi connectivity index (χ4v) is 2.41. The summed E-state index contributed by atoms with van der Waals surface area (Å²) in [7, 11) is 2.05. The third-order valence-electron chi connectivity index (χ3n) is 3.50. The molecule has 2 aromatic carbocycles. The largest absolute Gasteiger partial charge is 0.490 e. The molecule has 4 nitrogen and oxygen atoms in total. The number of anilines is 1. The van der Waals surface area contributed by atoms with Gasteiger partial charge in [-0.1, -0.05) is 12.1 Å². The van der Waals surface area contributed by atoms with Gasteiger partial charge in [0.1, 0.15) is 30.5 Å². The van der Waals surface area contributed by atoms with Gasteiger partial charge in [0, 0.05) is 12.6 Å². The lowest BCUT2D eigenvalue weighted by molar-refractivity contribution is 0.112. The smallest absolute Gasteiger partial charge is 0.150 e. The molecule has 0 saturated heterocycles. The molecule has 0 fully saturated rings. The maximum atomic E-state index is 10.6. The standard InChI is InChI=1S/C17H17NO3/c1-18-10-15(21-17-5-3-2-4-16(17)18)12-20-14-8-6-13(11-19)7-9-14/h2-9,11,15H,10,12H2,1H3/t15-/m0/s1. The van der Waals surface area contributed by atoms with Gasteiger partial charge in [-0.2, -0.15) is 0 Å². The number of fused-ring (bicyclic) bond motifs is 1. The van der Waals surface area contributed by atoms with Gasteiger partial charge < -0.3 is 14.4 Å². The molecule has 0 aliphatic carbocycles. The van der Waals surface area contributed by atoms with Crippen molar-refractivity contribution < 1.29 is 14.3 Å². The lowest BCUT2D eigenvalue weighted by Crippen LogP contribution is -2.41. The lowest BCUT2D eigenvalue weighted by Gasteiger charge is -2.33. The lowest BCUT2D eigenvalue weighted by atomic mass is 10.2. The van der Waals surface area contributed by atoms with Crippen LogP contribution in [0, 0.1) is 0 Å². The van der Waals surface area contributed by atoms with E-state index in [-0.39, 0.29) is 6.10 Å². The second-order valence-corrected chi connectivity index (χ2v) is 5.09. The molecule has 1 heterocycles. The average molecular weight is 283 g/mol. The minimum atomic E-state index is -0.0179. The number of carbonyl (C=O) groups excluding carboxylic acids is 1. The molecular formula is C17H17NO3. The van der Waals surface area contributed by atoms with Crippen LogP contribution in [-0.4, -0.2) is 32.6 Å². The van der Waals surface area contributed by atoms with Crippen LogP contribution in [0.4, 0.5) is 5.69 Å². The molecule has 0 bridgehead atoms. The van der Waals surface area contributed by atoms with E-state index in [1.807, 2.05) is 31.3 Å². The third kappa shape index (κ3) is 2.99. The first-order valence-corrected chi connectivity index (χ1v) is 6.91. The number of para-hydroxylation sites is 2. The summed E-state index contributed by atoms with van der Waals surface area (Å²) in [5.41, 5.74) is 1.74. The van der Waals surface area contributed by atoms with E-state index in [9.17, 15) is 4.79 Å². The summed E-state index contributed by atoms with van der Waals surface area (Å²) in [6.45, 7) is 1.25. The van der Waals surface area contributed by atoms with Gasteiger partial charge in [0.25, 0.3) is 0 Å². The fourth-order valence-electron chi connectivity index (χ4n) is 2.41. The van der Waals surface area contributed by atoms with Gasteiger partial charge in [-0.15, -0.1) is 0 Å². The number of benzene rings is 2. The molecule has 1 atom stereocenters. The van der Waals surface area contributed by atoms with Gasteiger partial charge in [0.2, 0.25) is 0 Å². The van der Waals surface area contributed by atoms with E-state index in [2.05, 4.69) is 4.90 Å². The molecule has 0 spiro atoms. The van der Waals surface area contributed by atoms with Crippen molar-refractivity contribution >= 4 is 12.0 Å². The fraction of sp³-hybridized carbons (Fsp3) is 0.235. The number of nitrogens with zero attached hydrogens (tertiary/aromatic N) is 1. The van der Waals surface area contributed by atoms with Crippen LogP contribution in [0.1, 0.15) is 10.4 Å². The molecule has 1 aliphatic rings. The molecule has 21 heavy (non-hydrogen) atoms. The van der Waals surface area contributed by atoms with Gasteiger partial charge in [0.05, 0.1) is 12.2 Å². The first kappa shape index (κ1) is 13.5. The van der Waals surface area contributed by atoms with Crippen molar-refractivity contribution in [2.45, 2.75) is 6.10 Å². The summed E-state index contributed by atoms with van der Waals surface area (Å²) in [6, 6.07) is 15.1. The third-order valence-corrected chi connectivity index (χ3v) is 3.50. The Labute approximate surface area is 123 Å². The van der Waals surface area contributed by atoms with Gasteiger partial charge in [0.15, 0.2) is 0 Å². The Kier molecular flexibility index (Phi) is 3.77. The summed E-state index contributed by atoms with van der Waals surface area (Å²) in [6.07, 6.45) is 0.801. The normalized spacial score (nSPS) is 16.8. The van der Waals surface area contributed by atoms with Crippen LogP contribution in [0.2, 0.25) is 0 Å². The highest BCUT2D eigenvalue weighted by atomic mass is 16.5. The van der Waals surface area contributed by atoms with Gasteiger partial charge in [-0.05, 0) is 36.4 Å². The zero-order chi connectivity index (χ0) is 14.7. The summed E-state index contributed by atoms with van der Waals surface area (Å²) in [5, 5.41) is 0. The summed E-state index contributed by atoms with van der Waals surface area (Å²) >= 11 is 0. The minimum absolute atomic E-state index is 0.0179. The summed E-state index contributed by atoms with van der Waals surface area (Å²) in [5.74, 6) is 1.63. The Hall–Kier alpha value is -2.49. The van der Waals surface area contributed by atoms with Crippen LogP contribution in [0.3, 0.4) is 0 Å². The molecule has 2 aromatic rings. The minimum Gasteiger partial charge on any atom is -0.490 e. The predicted octanol–water partition coefficient (Wildman–Crippen LogP) is 2.78. The molecule has 0 N–H and O–H groups in total. The Bertz CT molecular complexity index is 624. The van der Waals surface area contributed by atoms with Crippen molar-refractivity contribution in [3.63, 3.8) is 0 Å². The highest BCUT2D eigenvalue weighted by Crippen LogP contribution is 2.31. The monoisotopic (exact) mass is 283 g/mol. The number of carbonyl (C=O) groups is 1. The quantitative estimate of drug-likeness (QED) is 0.809. The van der Waals surface area contributed by atoms with E-state index in [0.29, 0.717) is 12.2 Å². The van der Waals surface area contributed by atoms with Crippen molar-refractivity contribution in [3.8, 4) is 11.5 Å². The van der Waals surface area contributed by atoms with E-state index in [0.717, 1.165) is 30.0 Å². The summed E-state index contributed by atoms with van der Waals surface area (Å²) < 4.78 is 11.7. The van der Waals surface area contributed by atoms with E-state index in [1.165, 1.54) is 0 Å². The molecule has 1 aliphatic heterocycles. The second kappa shape index (κ2) is 5.87. The van der Waals surface area contributed by atoms with Crippen LogP contribution < -0.4 is 14.4 Å². The highest BCUT2D eigenvalue weighted by molar-refractivity contribution is 5.74. The second-order valence-electron chi connectivity index (χ2n) is 5.09. The number of ether oxygens (including phenoxy) is 2. The predicted molar refractivity (Wildman–Crippen MR) is 81.5 cm³/mol. The van der Waals surface area contributed by atoms with Gasteiger partial charge in [-0.25, -0.2) is 0 Å². The van der Waals surface area contributed by atoms with E-state index < -0.39 is 0 Å². The molecule has 0 amide bonds. The first-order chi connectivity index (χ1) is 10.3. The number of rotatable bonds is 4. The molecule has 0 aromatic heterocycles. The number of likely N-dealkylation sites (N-methyl/N-ethyl adjacent to an activating group) is 1. The van der Waals surface area contributed by atoms with E-state index in [1.54, 1.807) is 24.3 Å². The Balaban J connectivity index is 1.62. The number of hydrogen-bond donors (Lipinski definition) is 0. The van der Waals surface area contributed by atoms with Gasteiger partial charge >= 0.3 is 0 Å². The Morgan fingerprint density at radius 1 is 1.24 bits per heavy atom. The number of aldehydes is 1. The molecule has 0 radical (unpaired) electrons. The van der Waals surface area contributed by atoms with E-state index in [4.69, 9.17) is 9.47 Å². The topological polar surface area (TPSA) is 38.8 Å². The highest BCUT2D eigenvalue weighted by Gasteiger charge is 2.23. The Morgan fingerprint density at radius 2 is 2.00 bits per heavy atom. The molecule has 4 heteroatoms. The van der Waals surface area contributed by atoms with Crippen molar-refractivity contribution in [2.75, 3.05) is 25.1 Å². The molecular weight excluding hydrogens is 266 g/mol. The van der Waals surface area contributed by atoms with Crippen molar-refractivity contribution in [2.24, 2.45) is 0 Å². The van der Waals surface area contributed by atoms with Crippen LogP contribution in [0.25, 0.3) is 0 Å². The van der Waals surface area contributed by atoms with Crippen LogP contribution >= 0.6 is 0 Å². The van der Waals surface area contributed by atoms with Crippen LogP contribution in [-0.2, 0) is 0 Å². The zero-order valence-corrected chi connectivity index (χ0v) is 11.9. The average Bonchev–Trinajstić information content (AvgIpc) is 2.53. The zero-order valence-electron chi connectivity index (χ0n) is 11.9. The van der Waals surface area contributed by atoms with Crippen LogP contribution in [0.15, 0.2) is 48.5 Å². The summed E-state index contributed by atoms with van der Waals surface area (Å²) in [4.78, 5) is 12.8. The van der Waals surface area contributed by atoms with Crippen molar-refractivity contribution in [1.82, 2.24) is 0 Å². The number of hydrogen-bond acceptors (Lipinski definition) is 4. The first-order valence-electron chi connectivity index (χ1n) is 6.91. The maximum Gasteiger partial charge on any atom is 0.150 e. The SMILES string of the molecule is CN1C[C@@H](COc2ccc(C=O)cc2)Oc2ccccc21. The van der Waals surface area contributed by atoms with E-state index >= 15 is 0 Å². The van der Waals surface area contributed by atoms with Crippen molar-refractivity contribution in [3.05, 3.63) is 54.1 Å². The Morgan fingerprint density at radius 3 is 2.76 bits per heavy atom. The van der Waals surface area contributed by atoms with Crippen LogP contribution in [0.5, 0.6) is 11.5 Å². The molecule has 0 unspecified atom stereocenters. The van der Waals surface area contributed by atoms with Crippen molar-refractivity contribution in [1.29, 1.82) is 0 Å². The van der Waals surface area contributed by atoms with Gasteiger partial charge in [-0.3, -0.25) is 4.79 Å². The molecule has 108 valence electrons.